The summed E-state index contributed by atoms with van der Waals surface area (Å²) in [4.78, 5) is 10.7. The van der Waals surface area contributed by atoms with Gasteiger partial charge in [-0.2, -0.15) is 0 Å². The second-order valence-corrected chi connectivity index (χ2v) is 4.23. The molecule has 0 N–H and O–H groups in total. The van der Waals surface area contributed by atoms with Gasteiger partial charge in [0.2, 0.25) is 0 Å². The smallest absolute Gasteiger partial charge is 0.151 e. The zero-order chi connectivity index (χ0) is 11.0. The van der Waals surface area contributed by atoms with E-state index in [9.17, 15) is 4.79 Å². The summed E-state index contributed by atoms with van der Waals surface area (Å²) in [6.45, 7) is 0. The predicted molar refractivity (Wildman–Crippen MR) is 64.4 cm³/mol. The van der Waals surface area contributed by atoms with E-state index in [1.54, 1.807) is 12.1 Å². The molecule has 0 saturated carbocycles. The predicted octanol–water partition coefficient (Wildman–Crippen LogP) is 4.61. The number of carbonyl (C=O) groups is 1. The normalized spacial score (nSPS) is 10.6. The van der Waals surface area contributed by atoms with Crippen molar-refractivity contribution in [3.05, 3.63) is 44.9 Å². The number of halogens is 3. The van der Waals surface area contributed by atoms with Crippen LogP contribution in [0.1, 0.15) is 10.4 Å². The molecule has 0 amide bonds. The molecule has 0 saturated heterocycles. The second-order valence-electron chi connectivity index (χ2n) is 3.04. The largest absolute Gasteiger partial charge is 0.298 e. The first kappa shape index (κ1) is 10.7. The average molecular weight is 260 g/mol. The lowest BCUT2D eigenvalue weighted by molar-refractivity contribution is 0.112. The third-order valence-corrected chi connectivity index (χ3v) is 3.19. The highest BCUT2D eigenvalue weighted by atomic mass is 35.5. The fraction of sp³-hybridized carbons (Fsp3) is 0. The van der Waals surface area contributed by atoms with Crippen LogP contribution in [0.4, 0.5) is 0 Å². The van der Waals surface area contributed by atoms with Crippen LogP contribution < -0.4 is 0 Å². The van der Waals surface area contributed by atoms with Crippen LogP contribution in [0.5, 0.6) is 0 Å². The standard InChI is InChI=1S/C11H5Cl3O/c12-8-3-1-2-7-9(13)4-6(5-15)11(14)10(7)8/h1-5H. The SMILES string of the molecule is O=Cc1cc(Cl)c2cccc(Cl)c2c1Cl. The highest BCUT2D eigenvalue weighted by Gasteiger charge is 2.11. The molecule has 0 aliphatic carbocycles. The molecule has 0 bridgehead atoms. The van der Waals surface area contributed by atoms with Gasteiger partial charge >= 0.3 is 0 Å². The molecule has 1 nitrogen and oxygen atoms in total. The van der Waals surface area contributed by atoms with Gasteiger partial charge in [-0.3, -0.25) is 4.79 Å². The van der Waals surface area contributed by atoms with Crippen molar-refractivity contribution in [1.82, 2.24) is 0 Å². The van der Waals surface area contributed by atoms with E-state index in [0.29, 0.717) is 32.3 Å². The topological polar surface area (TPSA) is 17.1 Å². The van der Waals surface area contributed by atoms with E-state index < -0.39 is 0 Å². The molecule has 0 aliphatic heterocycles. The maximum atomic E-state index is 10.7. The zero-order valence-electron chi connectivity index (χ0n) is 7.43. The van der Waals surface area contributed by atoms with E-state index in [1.165, 1.54) is 6.07 Å². The van der Waals surface area contributed by atoms with Gasteiger partial charge in [-0.05, 0) is 12.1 Å². The van der Waals surface area contributed by atoms with Crippen molar-refractivity contribution in [1.29, 1.82) is 0 Å². The van der Waals surface area contributed by atoms with Crippen molar-refractivity contribution in [2.45, 2.75) is 0 Å². The molecule has 0 spiro atoms. The molecule has 2 aromatic rings. The summed E-state index contributed by atoms with van der Waals surface area (Å²) >= 11 is 18.1. The van der Waals surface area contributed by atoms with Crippen LogP contribution in [-0.4, -0.2) is 6.29 Å². The molecule has 15 heavy (non-hydrogen) atoms. The zero-order valence-corrected chi connectivity index (χ0v) is 9.70. The summed E-state index contributed by atoms with van der Waals surface area (Å²) in [5.41, 5.74) is 0.349. The van der Waals surface area contributed by atoms with Crippen molar-refractivity contribution in [3.8, 4) is 0 Å². The van der Waals surface area contributed by atoms with Crippen molar-refractivity contribution in [2.24, 2.45) is 0 Å². The fourth-order valence-corrected chi connectivity index (χ4v) is 2.35. The summed E-state index contributed by atoms with van der Waals surface area (Å²) < 4.78 is 0. The number of fused-ring (bicyclic) bond motifs is 1. The number of hydrogen-bond acceptors (Lipinski definition) is 1. The first-order valence-corrected chi connectivity index (χ1v) is 5.30. The minimum Gasteiger partial charge on any atom is -0.298 e. The molecule has 76 valence electrons. The maximum Gasteiger partial charge on any atom is 0.151 e. The third-order valence-electron chi connectivity index (χ3n) is 2.15. The van der Waals surface area contributed by atoms with Gasteiger partial charge in [-0.1, -0.05) is 46.9 Å². The van der Waals surface area contributed by atoms with E-state index in [-0.39, 0.29) is 0 Å². The van der Waals surface area contributed by atoms with Gasteiger partial charge in [-0.25, -0.2) is 0 Å². The van der Waals surface area contributed by atoms with Gasteiger partial charge in [0.25, 0.3) is 0 Å². The molecule has 0 fully saturated rings. The van der Waals surface area contributed by atoms with Crippen LogP contribution in [-0.2, 0) is 0 Å². The van der Waals surface area contributed by atoms with Crippen LogP contribution >= 0.6 is 34.8 Å². The van der Waals surface area contributed by atoms with Crippen LogP contribution in [0.2, 0.25) is 15.1 Å². The summed E-state index contributed by atoms with van der Waals surface area (Å²) in [5, 5.41) is 2.67. The molecular formula is C11H5Cl3O. The molecular weight excluding hydrogens is 254 g/mol. The van der Waals surface area contributed by atoms with E-state index >= 15 is 0 Å². The molecule has 4 heteroatoms. The van der Waals surface area contributed by atoms with Crippen molar-refractivity contribution in [3.63, 3.8) is 0 Å². The van der Waals surface area contributed by atoms with E-state index in [0.717, 1.165) is 5.39 Å². The highest BCUT2D eigenvalue weighted by molar-refractivity contribution is 6.46. The Morgan fingerprint density at radius 1 is 1.07 bits per heavy atom. The van der Waals surface area contributed by atoms with Crippen molar-refractivity contribution < 1.29 is 4.79 Å². The van der Waals surface area contributed by atoms with Crippen molar-refractivity contribution in [2.75, 3.05) is 0 Å². The third kappa shape index (κ3) is 1.71. The van der Waals surface area contributed by atoms with Gasteiger partial charge < -0.3 is 0 Å². The minimum absolute atomic E-state index is 0.343. The molecule has 0 aliphatic rings. The molecule has 2 aromatic carbocycles. The quantitative estimate of drug-likeness (QED) is 0.683. The first-order valence-electron chi connectivity index (χ1n) is 4.16. The van der Waals surface area contributed by atoms with Gasteiger partial charge in [0.1, 0.15) is 0 Å². The Labute approximate surface area is 102 Å². The lowest BCUT2D eigenvalue weighted by atomic mass is 10.1. The summed E-state index contributed by atoms with van der Waals surface area (Å²) in [6, 6.07) is 6.84. The summed E-state index contributed by atoms with van der Waals surface area (Å²) in [6.07, 6.45) is 0.664. The monoisotopic (exact) mass is 258 g/mol. The maximum absolute atomic E-state index is 10.7. The molecule has 2 rings (SSSR count). The van der Waals surface area contributed by atoms with Gasteiger partial charge in [0, 0.05) is 26.4 Å². The van der Waals surface area contributed by atoms with Gasteiger partial charge in [0.15, 0.2) is 6.29 Å². The number of aldehydes is 1. The lowest BCUT2D eigenvalue weighted by Gasteiger charge is -2.06. The number of hydrogen-bond donors (Lipinski definition) is 0. The first-order chi connectivity index (χ1) is 7.15. The minimum atomic E-state index is 0.343. The lowest BCUT2D eigenvalue weighted by Crippen LogP contribution is -1.86. The second kappa shape index (κ2) is 4.01. The Morgan fingerprint density at radius 3 is 2.47 bits per heavy atom. The molecule has 0 atom stereocenters. The molecule has 0 radical (unpaired) electrons. The molecule has 0 heterocycles. The average Bonchev–Trinajstić information content (AvgIpc) is 2.23. The number of carbonyl (C=O) groups excluding carboxylic acids is 1. The Balaban J connectivity index is 3.01. The number of benzene rings is 2. The van der Waals surface area contributed by atoms with Crippen LogP contribution in [0.3, 0.4) is 0 Å². The molecule has 0 aromatic heterocycles. The Bertz CT molecular complexity index is 549. The van der Waals surface area contributed by atoms with Gasteiger partial charge in [0.05, 0.1) is 5.02 Å². The van der Waals surface area contributed by atoms with E-state index in [2.05, 4.69) is 0 Å². The Hall–Kier alpha value is -0.760. The van der Waals surface area contributed by atoms with Crippen LogP contribution in [0.25, 0.3) is 10.8 Å². The van der Waals surface area contributed by atoms with Gasteiger partial charge in [-0.15, -0.1) is 0 Å². The van der Waals surface area contributed by atoms with Crippen LogP contribution in [0, 0.1) is 0 Å². The number of rotatable bonds is 1. The summed E-state index contributed by atoms with van der Waals surface area (Å²) in [7, 11) is 0. The Morgan fingerprint density at radius 2 is 1.80 bits per heavy atom. The van der Waals surface area contributed by atoms with E-state index in [4.69, 9.17) is 34.8 Å². The highest BCUT2D eigenvalue weighted by Crippen LogP contribution is 2.36. The Kier molecular flexibility index (Phi) is 2.87. The van der Waals surface area contributed by atoms with Crippen LogP contribution in [0.15, 0.2) is 24.3 Å². The van der Waals surface area contributed by atoms with E-state index in [1.807, 2.05) is 6.07 Å². The summed E-state index contributed by atoms with van der Waals surface area (Å²) in [5.74, 6) is 0. The molecule has 0 unspecified atom stereocenters. The fourth-order valence-electron chi connectivity index (χ4n) is 1.45. The van der Waals surface area contributed by atoms with Crippen molar-refractivity contribution >= 4 is 51.9 Å².